The second-order valence-electron chi connectivity index (χ2n) is 3.66. The number of thiophene rings is 1. The first-order valence-corrected chi connectivity index (χ1v) is 6.23. The number of nitrogens with two attached hydrogens (primary N) is 2. The highest BCUT2D eigenvalue weighted by Crippen LogP contribution is 2.27. The summed E-state index contributed by atoms with van der Waals surface area (Å²) in [6.45, 7) is 0. The van der Waals surface area contributed by atoms with E-state index in [1.165, 1.54) is 0 Å². The summed E-state index contributed by atoms with van der Waals surface area (Å²) in [4.78, 5) is 2.04. The van der Waals surface area contributed by atoms with Gasteiger partial charge in [0.25, 0.3) is 0 Å². The van der Waals surface area contributed by atoms with E-state index in [9.17, 15) is 0 Å². The van der Waals surface area contributed by atoms with Crippen molar-refractivity contribution in [3.8, 4) is 16.5 Å². The van der Waals surface area contributed by atoms with Crippen molar-refractivity contribution < 1.29 is 0 Å². The van der Waals surface area contributed by atoms with E-state index in [0.29, 0.717) is 5.56 Å². The van der Waals surface area contributed by atoms with Crippen LogP contribution in [0.1, 0.15) is 10.4 Å². The minimum Gasteiger partial charge on any atom is -0.369 e. The van der Waals surface area contributed by atoms with Gasteiger partial charge in [-0.3, -0.25) is 0 Å². The third kappa shape index (κ3) is 3.40. The van der Waals surface area contributed by atoms with E-state index in [4.69, 9.17) is 16.7 Å². The molecule has 0 bridgehead atoms. The van der Waals surface area contributed by atoms with E-state index in [2.05, 4.69) is 16.3 Å². The molecular weight excluding hydrogens is 258 g/mol. The van der Waals surface area contributed by atoms with E-state index < -0.39 is 0 Å². The van der Waals surface area contributed by atoms with E-state index in [-0.39, 0.29) is 5.96 Å². The standard InChI is InChI=1S/C13H11N5S/c14-7-9-1-3-10(4-2-9)12-6-5-11(19-12)8-17-18-13(15)16/h1-6,8H,(H4,15,16,18)/b17-8+. The third-order valence-corrected chi connectivity index (χ3v) is 3.35. The quantitative estimate of drug-likeness (QED) is 0.505. The zero-order valence-corrected chi connectivity index (χ0v) is 10.8. The molecule has 19 heavy (non-hydrogen) atoms. The average Bonchev–Trinajstić information content (AvgIpc) is 2.87. The van der Waals surface area contributed by atoms with Gasteiger partial charge in [0, 0.05) is 9.75 Å². The Morgan fingerprint density at radius 1 is 1.16 bits per heavy atom. The van der Waals surface area contributed by atoms with Crippen LogP contribution in [0.25, 0.3) is 10.4 Å². The lowest BCUT2D eigenvalue weighted by Crippen LogP contribution is -2.21. The highest BCUT2D eigenvalue weighted by molar-refractivity contribution is 7.17. The summed E-state index contributed by atoms with van der Waals surface area (Å²) >= 11 is 1.57. The Hall–Kier alpha value is -2.65. The van der Waals surface area contributed by atoms with Crippen LogP contribution in [0.15, 0.2) is 46.6 Å². The first kappa shape index (κ1) is 12.8. The van der Waals surface area contributed by atoms with E-state index >= 15 is 0 Å². The number of hydrogen-bond donors (Lipinski definition) is 2. The first-order valence-electron chi connectivity index (χ1n) is 5.41. The van der Waals surface area contributed by atoms with E-state index in [1.807, 2.05) is 24.3 Å². The van der Waals surface area contributed by atoms with Crippen molar-refractivity contribution in [3.05, 3.63) is 46.8 Å². The SMILES string of the molecule is N#Cc1ccc(-c2ccc(/C=N/N=C(N)N)s2)cc1. The molecule has 0 unspecified atom stereocenters. The first-order chi connectivity index (χ1) is 9.19. The molecule has 2 aromatic rings. The molecule has 0 saturated heterocycles. The number of nitriles is 1. The van der Waals surface area contributed by atoms with Crippen LogP contribution in [0, 0.1) is 11.3 Å². The lowest BCUT2D eigenvalue weighted by molar-refractivity contribution is 1.22. The Morgan fingerprint density at radius 3 is 2.53 bits per heavy atom. The maximum atomic E-state index is 8.75. The predicted octanol–water partition coefficient (Wildman–Crippen LogP) is 1.89. The van der Waals surface area contributed by atoms with Crippen LogP contribution in [0.4, 0.5) is 0 Å². The van der Waals surface area contributed by atoms with Crippen molar-refractivity contribution in [3.63, 3.8) is 0 Å². The van der Waals surface area contributed by atoms with Gasteiger partial charge in [-0.1, -0.05) is 12.1 Å². The van der Waals surface area contributed by atoms with Gasteiger partial charge in [-0.05, 0) is 29.8 Å². The summed E-state index contributed by atoms with van der Waals surface area (Å²) in [5.41, 5.74) is 12.1. The molecule has 5 nitrogen and oxygen atoms in total. The Bertz CT molecular complexity index is 657. The van der Waals surface area contributed by atoms with Crippen LogP contribution in [0.5, 0.6) is 0 Å². The highest BCUT2D eigenvalue weighted by Gasteiger charge is 2.01. The van der Waals surface area contributed by atoms with Gasteiger partial charge < -0.3 is 11.5 Å². The second-order valence-corrected chi connectivity index (χ2v) is 4.78. The Morgan fingerprint density at radius 2 is 1.89 bits per heavy atom. The van der Waals surface area contributed by atoms with Crippen molar-refractivity contribution in [2.45, 2.75) is 0 Å². The van der Waals surface area contributed by atoms with E-state index in [0.717, 1.165) is 15.3 Å². The largest absolute Gasteiger partial charge is 0.369 e. The van der Waals surface area contributed by atoms with Gasteiger partial charge in [-0.15, -0.1) is 16.4 Å². The molecule has 1 aromatic heterocycles. The monoisotopic (exact) mass is 269 g/mol. The summed E-state index contributed by atoms with van der Waals surface area (Å²) in [6.07, 6.45) is 1.59. The number of rotatable bonds is 3. The number of nitrogens with zero attached hydrogens (tertiary/aromatic N) is 3. The normalized spacial score (nSPS) is 10.3. The maximum absolute atomic E-state index is 8.75. The van der Waals surface area contributed by atoms with Crippen molar-refractivity contribution in [1.29, 1.82) is 5.26 Å². The molecular formula is C13H11N5S. The van der Waals surface area contributed by atoms with Crippen molar-refractivity contribution >= 4 is 23.5 Å². The van der Waals surface area contributed by atoms with Crippen molar-refractivity contribution in [2.75, 3.05) is 0 Å². The molecule has 6 heteroatoms. The molecule has 1 aromatic carbocycles. The third-order valence-electron chi connectivity index (χ3n) is 2.28. The smallest absolute Gasteiger partial charge is 0.211 e. The van der Waals surface area contributed by atoms with Gasteiger partial charge in [0.05, 0.1) is 17.8 Å². The van der Waals surface area contributed by atoms with Crippen LogP contribution in [-0.2, 0) is 0 Å². The molecule has 0 fully saturated rings. The van der Waals surface area contributed by atoms with Crippen LogP contribution < -0.4 is 11.5 Å². The van der Waals surface area contributed by atoms with Gasteiger partial charge >= 0.3 is 0 Å². The van der Waals surface area contributed by atoms with Crippen LogP contribution in [0.2, 0.25) is 0 Å². The Balaban J connectivity index is 2.18. The number of guanidine groups is 1. The number of hydrogen-bond acceptors (Lipinski definition) is 4. The highest BCUT2D eigenvalue weighted by atomic mass is 32.1. The van der Waals surface area contributed by atoms with Gasteiger partial charge in [-0.25, -0.2) is 0 Å². The maximum Gasteiger partial charge on any atom is 0.211 e. The van der Waals surface area contributed by atoms with Gasteiger partial charge in [-0.2, -0.15) is 10.4 Å². The Kier molecular flexibility index (Phi) is 3.90. The summed E-state index contributed by atoms with van der Waals surface area (Å²) in [5.74, 6) is -0.0693. The summed E-state index contributed by atoms with van der Waals surface area (Å²) in [7, 11) is 0. The predicted molar refractivity (Wildman–Crippen MR) is 77.9 cm³/mol. The molecule has 0 amide bonds. The second kappa shape index (κ2) is 5.80. The molecule has 0 radical (unpaired) electrons. The summed E-state index contributed by atoms with van der Waals surface area (Å²) < 4.78 is 0. The van der Waals surface area contributed by atoms with Crippen molar-refractivity contribution in [2.24, 2.45) is 21.7 Å². The fourth-order valence-corrected chi connectivity index (χ4v) is 2.32. The van der Waals surface area contributed by atoms with Crippen LogP contribution >= 0.6 is 11.3 Å². The molecule has 0 atom stereocenters. The lowest BCUT2D eigenvalue weighted by atomic mass is 10.1. The van der Waals surface area contributed by atoms with E-state index in [1.54, 1.807) is 29.7 Å². The zero-order valence-electron chi connectivity index (χ0n) is 9.95. The number of benzene rings is 1. The average molecular weight is 269 g/mol. The molecule has 0 aliphatic heterocycles. The fraction of sp³-hybridized carbons (Fsp3) is 0. The molecule has 2 rings (SSSR count). The fourth-order valence-electron chi connectivity index (χ4n) is 1.44. The topological polar surface area (TPSA) is 101 Å². The minimum atomic E-state index is -0.0693. The molecule has 0 aliphatic rings. The van der Waals surface area contributed by atoms with Gasteiger partial charge in [0.2, 0.25) is 5.96 Å². The van der Waals surface area contributed by atoms with Crippen molar-refractivity contribution in [1.82, 2.24) is 0 Å². The van der Waals surface area contributed by atoms with Gasteiger partial charge in [0.1, 0.15) is 0 Å². The summed E-state index contributed by atoms with van der Waals surface area (Å²) in [5, 5.41) is 16.0. The van der Waals surface area contributed by atoms with Crippen LogP contribution in [-0.4, -0.2) is 12.2 Å². The summed E-state index contributed by atoms with van der Waals surface area (Å²) in [6, 6.07) is 13.4. The molecule has 94 valence electrons. The molecule has 4 N–H and O–H groups in total. The minimum absolute atomic E-state index is 0.0693. The molecule has 0 saturated carbocycles. The lowest BCUT2D eigenvalue weighted by Gasteiger charge is -1.96. The van der Waals surface area contributed by atoms with Crippen LogP contribution in [0.3, 0.4) is 0 Å². The molecule has 0 aliphatic carbocycles. The molecule has 0 spiro atoms. The Labute approximate surface area is 114 Å². The zero-order chi connectivity index (χ0) is 13.7. The molecule has 1 heterocycles. The van der Waals surface area contributed by atoms with Gasteiger partial charge in [0.15, 0.2) is 0 Å².